The summed E-state index contributed by atoms with van der Waals surface area (Å²) in [5, 5.41) is 4.58. The van der Waals surface area contributed by atoms with Gasteiger partial charge in [0, 0.05) is 38.2 Å². The minimum Gasteiger partial charge on any atom is -0.456 e. The van der Waals surface area contributed by atoms with Crippen molar-refractivity contribution in [1.29, 1.82) is 0 Å². The number of benzene rings is 8. The molecule has 0 aliphatic heterocycles. The van der Waals surface area contributed by atoms with Gasteiger partial charge in [-0.05, 0) is 64.7 Å². The summed E-state index contributed by atoms with van der Waals surface area (Å²) in [6.45, 7) is 0. The van der Waals surface area contributed by atoms with Crippen molar-refractivity contribution in [3.05, 3.63) is 194 Å². The topological polar surface area (TPSA) is 56.7 Å². The fourth-order valence-electron chi connectivity index (χ4n) is 7.96. The lowest BCUT2D eigenvalue weighted by molar-refractivity contribution is 0.669. The maximum atomic E-state index is 6.16. The number of furan rings is 1. The Morgan fingerprint density at radius 3 is 1.64 bits per heavy atom. The van der Waals surface area contributed by atoms with E-state index in [9.17, 15) is 0 Å². The summed E-state index contributed by atoms with van der Waals surface area (Å²) in [6, 6.07) is 67.5. The van der Waals surface area contributed by atoms with Crippen LogP contribution in [0.5, 0.6) is 0 Å². The fourth-order valence-corrected chi connectivity index (χ4v) is 7.96. The Hall–Kier alpha value is -7.63. The third-order valence-electron chi connectivity index (χ3n) is 10.7. The Morgan fingerprint density at radius 2 is 0.839 bits per heavy atom. The van der Waals surface area contributed by atoms with Crippen LogP contribution in [0.15, 0.2) is 199 Å². The van der Waals surface area contributed by atoms with Gasteiger partial charge in [-0.3, -0.25) is 0 Å². The van der Waals surface area contributed by atoms with E-state index in [2.05, 4.69) is 150 Å². The maximum absolute atomic E-state index is 6.16. The molecule has 0 N–H and O–H groups in total. The highest BCUT2D eigenvalue weighted by molar-refractivity contribution is 6.11. The van der Waals surface area contributed by atoms with Crippen molar-refractivity contribution < 1.29 is 4.42 Å². The number of fused-ring (bicyclic) bond motifs is 6. The van der Waals surface area contributed by atoms with Crippen LogP contribution in [0, 0.1) is 0 Å². The van der Waals surface area contributed by atoms with Gasteiger partial charge in [-0.1, -0.05) is 152 Å². The number of nitrogens with zero attached hydrogens (tertiary/aromatic N) is 4. The molecule has 0 unspecified atom stereocenters. The van der Waals surface area contributed by atoms with Crippen LogP contribution in [0.25, 0.3) is 106 Å². The third-order valence-corrected chi connectivity index (χ3v) is 10.7. The molecule has 5 heteroatoms. The molecule has 0 saturated heterocycles. The number of rotatable bonds is 6. The third kappa shape index (κ3) is 5.37. The van der Waals surface area contributed by atoms with Gasteiger partial charge >= 0.3 is 0 Å². The second kappa shape index (κ2) is 13.0. The van der Waals surface area contributed by atoms with E-state index >= 15 is 0 Å². The minimum absolute atomic E-state index is 0.607. The van der Waals surface area contributed by atoms with Crippen molar-refractivity contribution in [2.24, 2.45) is 0 Å². The Bertz CT molecular complexity index is 3240. The fraction of sp³-hybridized carbons (Fsp3) is 0. The van der Waals surface area contributed by atoms with Gasteiger partial charge in [0.25, 0.3) is 0 Å². The van der Waals surface area contributed by atoms with Crippen molar-refractivity contribution in [1.82, 2.24) is 19.5 Å². The molecule has 0 aliphatic rings. The van der Waals surface area contributed by atoms with Gasteiger partial charge in [0.15, 0.2) is 17.5 Å². The van der Waals surface area contributed by atoms with E-state index in [0.29, 0.717) is 17.5 Å². The van der Waals surface area contributed by atoms with Crippen LogP contribution < -0.4 is 0 Å². The van der Waals surface area contributed by atoms with Crippen molar-refractivity contribution in [2.75, 3.05) is 0 Å². The first-order valence-corrected chi connectivity index (χ1v) is 18.8. The zero-order valence-electron chi connectivity index (χ0n) is 30.2. The zero-order valence-corrected chi connectivity index (χ0v) is 30.2. The first-order valence-electron chi connectivity index (χ1n) is 18.8. The van der Waals surface area contributed by atoms with Gasteiger partial charge in [-0.25, -0.2) is 15.0 Å². The SMILES string of the molecule is c1ccc(-c2ccc(-c3nc(-c4ccccc4)nc(-c4ccccc4-n4c5ccccc5c5ccc(-c6ccc7oc8ccccc8c7c6)cc54)n3)cc2)cc1. The number of hydrogen-bond donors (Lipinski definition) is 0. The summed E-state index contributed by atoms with van der Waals surface area (Å²) in [5.41, 5.74) is 12.3. The van der Waals surface area contributed by atoms with E-state index in [1.807, 2.05) is 48.5 Å². The molecule has 0 aliphatic carbocycles. The first kappa shape index (κ1) is 31.9. The predicted octanol–water partition coefficient (Wildman–Crippen LogP) is 13.2. The average molecular weight is 717 g/mol. The molecule has 0 radical (unpaired) electrons. The van der Waals surface area contributed by atoms with Crippen molar-refractivity contribution >= 4 is 43.7 Å². The number of hydrogen-bond acceptors (Lipinski definition) is 4. The molecule has 56 heavy (non-hydrogen) atoms. The van der Waals surface area contributed by atoms with E-state index in [0.717, 1.165) is 72.0 Å². The van der Waals surface area contributed by atoms with Crippen LogP contribution in [0.4, 0.5) is 0 Å². The van der Waals surface area contributed by atoms with E-state index < -0.39 is 0 Å². The quantitative estimate of drug-likeness (QED) is 0.172. The Balaban J connectivity index is 1.10. The molecule has 11 rings (SSSR count). The molecule has 0 bridgehead atoms. The molecular weight excluding hydrogens is 685 g/mol. The van der Waals surface area contributed by atoms with Crippen molar-refractivity contribution in [3.8, 4) is 62.1 Å². The Labute approximate surface area is 322 Å². The predicted molar refractivity (Wildman–Crippen MR) is 229 cm³/mol. The Kier molecular flexibility index (Phi) is 7.42. The number of para-hydroxylation sites is 3. The molecule has 0 spiro atoms. The second-order valence-corrected chi connectivity index (χ2v) is 14.0. The van der Waals surface area contributed by atoms with Crippen LogP contribution in [0.3, 0.4) is 0 Å². The molecule has 0 fully saturated rings. The molecule has 5 nitrogen and oxygen atoms in total. The lowest BCUT2D eigenvalue weighted by atomic mass is 10.0. The molecule has 0 amide bonds. The van der Waals surface area contributed by atoms with Gasteiger partial charge < -0.3 is 8.98 Å². The van der Waals surface area contributed by atoms with Crippen molar-refractivity contribution in [2.45, 2.75) is 0 Å². The van der Waals surface area contributed by atoms with E-state index in [4.69, 9.17) is 19.4 Å². The normalized spacial score (nSPS) is 11.6. The molecule has 8 aromatic carbocycles. The number of aromatic nitrogens is 4. The van der Waals surface area contributed by atoms with Gasteiger partial charge in [0.2, 0.25) is 0 Å². The highest BCUT2D eigenvalue weighted by atomic mass is 16.3. The summed E-state index contributed by atoms with van der Waals surface area (Å²) in [7, 11) is 0. The molecule has 0 saturated carbocycles. The van der Waals surface area contributed by atoms with E-state index in [1.165, 1.54) is 16.3 Å². The van der Waals surface area contributed by atoms with Gasteiger partial charge in [0.05, 0.1) is 16.7 Å². The standard InChI is InChI=1S/C51H32N4O/c1-3-13-33(14-4-1)34-23-25-36(26-24-34)50-52-49(35-15-5-2-6-16-35)53-51(54-50)42-19-8-11-21-45(42)55-44-20-10-7-17-39(44)40-29-27-38(32-46(40)55)37-28-30-48-43(31-37)41-18-9-12-22-47(41)56-48/h1-32H. The highest BCUT2D eigenvalue weighted by Gasteiger charge is 2.20. The monoisotopic (exact) mass is 716 g/mol. The summed E-state index contributed by atoms with van der Waals surface area (Å²) >= 11 is 0. The van der Waals surface area contributed by atoms with Crippen LogP contribution in [0.2, 0.25) is 0 Å². The lowest BCUT2D eigenvalue weighted by Gasteiger charge is -2.15. The van der Waals surface area contributed by atoms with Gasteiger partial charge in [-0.15, -0.1) is 0 Å². The highest BCUT2D eigenvalue weighted by Crippen LogP contribution is 2.39. The molecular formula is C51H32N4O. The molecule has 3 heterocycles. The lowest BCUT2D eigenvalue weighted by Crippen LogP contribution is -2.03. The second-order valence-electron chi connectivity index (χ2n) is 14.0. The smallest absolute Gasteiger partial charge is 0.166 e. The minimum atomic E-state index is 0.607. The molecule has 11 aromatic rings. The molecule has 3 aromatic heterocycles. The first-order chi connectivity index (χ1) is 27.7. The van der Waals surface area contributed by atoms with Gasteiger partial charge in [0.1, 0.15) is 11.2 Å². The summed E-state index contributed by atoms with van der Waals surface area (Å²) < 4.78 is 8.52. The van der Waals surface area contributed by atoms with E-state index in [-0.39, 0.29) is 0 Å². The molecule has 262 valence electrons. The average Bonchev–Trinajstić information content (AvgIpc) is 3.82. The summed E-state index contributed by atoms with van der Waals surface area (Å²) in [6.07, 6.45) is 0. The van der Waals surface area contributed by atoms with Gasteiger partial charge in [-0.2, -0.15) is 0 Å². The maximum Gasteiger partial charge on any atom is 0.166 e. The zero-order chi connectivity index (χ0) is 37.0. The summed E-state index contributed by atoms with van der Waals surface area (Å²) in [5.74, 6) is 1.85. The van der Waals surface area contributed by atoms with Crippen LogP contribution >= 0.6 is 0 Å². The van der Waals surface area contributed by atoms with Crippen LogP contribution in [-0.2, 0) is 0 Å². The molecule has 0 atom stereocenters. The van der Waals surface area contributed by atoms with Crippen LogP contribution in [-0.4, -0.2) is 19.5 Å². The summed E-state index contributed by atoms with van der Waals surface area (Å²) in [4.78, 5) is 15.4. The van der Waals surface area contributed by atoms with Crippen LogP contribution in [0.1, 0.15) is 0 Å². The van der Waals surface area contributed by atoms with Crippen molar-refractivity contribution in [3.63, 3.8) is 0 Å². The Morgan fingerprint density at radius 1 is 0.321 bits per heavy atom. The van der Waals surface area contributed by atoms with E-state index in [1.54, 1.807) is 0 Å². The largest absolute Gasteiger partial charge is 0.456 e.